The Labute approximate surface area is 101 Å². The summed E-state index contributed by atoms with van der Waals surface area (Å²) in [5.41, 5.74) is 2.98. The Kier molecular flexibility index (Phi) is 3.27. The number of carbonyl (C=O) groups is 1. The molecule has 18 heavy (non-hydrogen) atoms. The zero-order valence-corrected chi connectivity index (χ0v) is 9.57. The van der Waals surface area contributed by atoms with Gasteiger partial charge in [-0.2, -0.15) is 13.2 Å². The molecule has 5 nitrogen and oxygen atoms in total. The lowest BCUT2D eigenvalue weighted by Crippen LogP contribution is -2.24. The molecule has 0 unspecified atom stereocenters. The Bertz CT molecular complexity index is 448. The molecule has 0 atom stereocenters. The van der Waals surface area contributed by atoms with Crippen molar-refractivity contribution in [2.45, 2.75) is 44.3 Å². The SMILES string of the molecule is NC(=O)c1nnn(C2CCCCC2)c1C(F)(F)F. The molecule has 1 aliphatic carbocycles. The Morgan fingerprint density at radius 2 is 1.89 bits per heavy atom. The Balaban J connectivity index is 2.44. The van der Waals surface area contributed by atoms with Crippen LogP contribution in [0.15, 0.2) is 0 Å². The number of alkyl halides is 3. The molecule has 1 amide bonds. The number of hydrogen-bond donors (Lipinski definition) is 1. The van der Waals surface area contributed by atoms with E-state index < -0.39 is 23.5 Å². The van der Waals surface area contributed by atoms with Gasteiger partial charge in [0, 0.05) is 0 Å². The lowest BCUT2D eigenvalue weighted by Gasteiger charge is -2.23. The Morgan fingerprint density at radius 1 is 1.28 bits per heavy atom. The quantitative estimate of drug-likeness (QED) is 0.884. The van der Waals surface area contributed by atoms with Crippen molar-refractivity contribution in [3.63, 3.8) is 0 Å². The molecule has 0 saturated heterocycles. The fourth-order valence-electron chi connectivity index (χ4n) is 2.30. The van der Waals surface area contributed by atoms with Gasteiger partial charge in [-0.05, 0) is 12.8 Å². The predicted octanol–water partition coefficient (Wildman–Crippen LogP) is 1.90. The smallest absolute Gasteiger partial charge is 0.364 e. The van der Waals surface area contributed by atoms with E-state index in [0.717, 1.165) is 23.9 Å². The van der Waals surface area contributed by atoms with Gasteiger partial charge in [0.15, 0.2) is 11.4 Å². The van der Waals surface area contributed by atoms with Crippen LogP contribution in [0.1, 0.15) is 54.3 Å². The summed E-state index contributed by atoms with van der Waals surface area (Å²) < 4.78 is 39.7. The molecule has 1 aromatic rings. The van der Waals surface area contributed by atoms with Crippen LogP contribution in [0.4, 0.5) is 13.2 Å². The van der Waals surface area contributed by atoms with E-state index in [1.165, 1.54) is 0 Å². The van der Waals surface area contributed by atoms with Gasteiger partial charge < -0.3 is 5.73 Å². The zero-order chi connectivity index (χ0) is 13.3. The number of nitrogens with two attached hydrogens (primary N) is 1. The first-order valence-corrected chi connectivity index (χ1v) is 5.73. The van der Waals surface area contributed by atoms with E-state index in [-0.39, 0.29) is 6.04 Å². The molecule has 1 saturated carbocycles. The van der Waals surface area contributed by atoms with Gasteiger partial charge in [0.1, 0.15) is 0 Å². The highest BCUT2D eigenvalue weighted by atomic mass is 19.4. The number of hydrogen-bond acceptors (Lipinski definition) is 3. The van der Waals surface area contributed by atoms with Crippen LogP contribution in [0.2, 0.25) is 0 Å². The molecule has 0 radical (unpaired) electrons. The molecule has 1 heterocycles. The summed E-state index contributed by atoms with van der Waals surface area (Å²) in [6.07, 6.45) is -0.725. The minimum absolute atomic E-state index is 0.351. The molecule has 0 aromatic carbocycles. The van der Waals surface area contributed by atoms with Crippen LogP contribution in [-0.2, 0) is 6.18 Å². The number of nitrogens with zero attached hydrogens (tertiary/aromatic N) is 3. The molecule has 100 valence electrons. The summed E-state index contributed by atoms with van der Waals surface area (Å²) in [4.78, 5) is 11.0. The van der Waals surface area contributed by atoms with Crippen molar-refractivity contribution < 1.29 is 18.0 Å². The normalized spacial score (nSPS) is 17.9. The van der Waals surface area contributed by atoms with Gasteiger partial charge in [0.25, 0.3) is 5.91 Å². The van der Waals surface area contributed by atoms with Gasteiger partial charge >= 0.3 is 6.18 Å². The molecule has 0 bridgehead atoms. The van der Waals surface area contributed by atoms with E-state index in [4.69, 9.17) is 5.73 Å². The number of rotatable bonds is 2. The number of primary amides is 1. The molecule has 8 heteroatoms. The lowest BCUT2D eigenvalue weighted by molar-refractivity contribution is -0.145. The van der Waals surface area contributed by atoms with Crippen molar-refractivity contribution in [3.8, 4) is 0 Å². The van der Waals surface area contributed by atoms with Crippen molar-refractivity contribution in [1.29, 1.82) is 0 Å². The van der Waals surface area contributed by atoms with Gasteiger partial charge in [-0.3, -0.25) is 4.79 Å². The Hall–Kier alpha value is -1.60. The van der Waals surface area contributed by atoms with Crippen molar-refractivity contribution in [2.24, 2.45) is 5.73 Å². The number of aromatic nitrogens is 3. The van der Waals surface area contributed by atoms with Crippen LogP contribution < -0.4 is 5.73 Å². The third-order valence-electron chi connectivity index (χ3n) is 3.12. The van der Waals surface area contributed by atoms with Crippen molar-refractivity contribution in [2.75, 3.05) is 0 Å². The van der Waals surface area contributed by atoms with E-state index in [2.05, 4.69) is 10.3 Å². The van der Waals surface area contributed by atoms with Gasteiger partial charge in [-0.15, -0.1) is 5.10 Å². The molecule has 1 aliphatic rings. The highest BCUT2D eigenvalue weighted by Crippen LogP contribution is 2.36. The van der Waals surface area contributed by atoms with E-state index in [1.807, 2.05) is 0 Å². The Morgan fingerprint density at radius 3 is 2.39 bits per heavy atom. The maximum atomic E-state index is 12.9. The molecule has 2 N–H and O–H groups in total. The van der Waals surface area contributed by atoms with Crippen LogP contribution in [-0.4, -0.2) is 20.9 Å². The van der Waals surface area contributed by atoms with Crippen LogP contribution in [0.5, 0.6) is 0 Å². The average Bonchev–Trinajstić information content (AvgIpc) is 2.74. The van der Waals surface area contributed by atoms with Crippen LogP contribution in [0.3, 0.4) is 0 Å². The molecule has 0 aliphatic heterocycles. The minimum Gasteiger partial charge on any atom is -0.364 e. The van der Waals surface area contributed by atoms with E-state index in [9.17, 15) is 18.0 Å². The van der Waals surface area contributed by atoms with Gasteiger partial charge in [-0.1, -0.05) is 24.5 Å². The molecule has 1 fully saturated rings. The first kappa shape index (κ1) is 12.8. The minimum atomic E-state index is -4.68. The van der Waals surface area contributed by atoms with E-state index in [0.29, 0.717) is 12.8 Å². The second-order valence-electron chi connectivity index (χ2n) is 4.39. The maximum absolute atomic E-state index is 12.9. The molecule has 2 rings (SSSR count). The number of carbonyl (C=O) groups excluding carboxylic acids is 1. The third kappa shape index (κ3) is 2.32. The van der Waals surface area contributed by atoms with Gasteiger partial charge in [0.2, 0.25) is 0 Å². The monoisotopic (exact) mass is 262 g/mol. The van der Waals surface area contributed by atoms with Gasteiger partial charge in [-0.25, -0.2) is 4.68 Å². The summed E-state index contributed by atoms with van der Waals surface area (Å²) >= 11 is 0. The third-order valence-corrected chi connectivity index (χ3v) is 3.12. The van der Waals surface area contributed by atoms with Crippen LogP contribution in [0.25, 0.3) is 0 Å². The molecular formula is C10H13F3N4O. The fraction of sp³-hybridized carbons (Fsp3) is 0.700. The summed E-state index contributed by atoms with van der Waals surface area (Å²) in [5.74, 6) is -1.20. The van der Waals surface area contributed by atoms with E-state index >= 15 is 0 Å². The van der Waals surface area contributed by atoms with Gasteiger partial charge in [0.05, 0.1) is 6.04 Å². The van der Waals surface area contributed by atoms with Crippen molar-refractivity contribution in [1.82, 2.24) is 15.0 Å². The summed E-state index contributed by atoms with van der Waals surface area (Å²) in [6, 6.07) is -0.351. The predicted molar refractivity (Wildman–Crippen MR) is 55.7 cm³/mol. The molecule has 0 spiro atoms. The van der Waals surface area contributed by atoms with Crippen molar-refractivity contribution >= 4 is 5.91 Å². The van der Waals surface area contributed by atoms with Crippen LogP contribution >= 0.6 is 0 Å². The standard InChI is InChI=1S/C10H13F3N4O/c11-10(12,13)8-7(9(14)18)15-16-17(8)6-4-2-1-3-5-6/h6H,1-5H2,(H2,14,18). The zero-order valence-electron chi connectivity index (χ0n) is 9.57. The van der Waals surface area contributed by atoms with E-state index in [1.54, 1.807) is 0 Å². The first-order chi connectivity index (χ1) is 8.41. The highest BCUT2D eigenvalue weighted by molar-refractivity contribution is 5.91. The van der Waals surface area contributed by atoms with Crippen molar-refractivity contribution in [3.05, 3.63) is 11.4 Å². The largest absolute Gasteiger partial charge is 0.435 e. The summed E-state index contributed by atoms with van der Waals surface area (Å²) in [5, 5.41) is 6.75. The maximum Gasteiger partial charge on any atom is 0.435 e. The number of halogens is 3. The second-order valence-corrected chi connectivity index (χ2v) is 4.39. The second kappa shape index (κ2) is 4.58. The molecule has 1 aromatic heterocycles. The first-order valence-electron chi connectivity index (χ1n) is 5.73. The molecular weight excluding hydrogens is 249 g/mol. The number of amides is 1. The summed E-state index contributed by atoms with van der Waals surface area (Å²) in [6.45, 7) is 0. The van der Waals surface area contributed by atoms with Crippen LogP contribution in [0, 0.1) is 0 Å². The fourth-order valence-corrected chi connectivity index (χ4v) is 2.30. The highest BCUT2D eigenvalue weighted by Gasteiger charge is 2.42. The topological polar surface area (TPSA) is 73.8 Å². The average molecular weight is 262 g/mol. The summed E-state index contributed by atoms with van der Waals surface area (Å²) in [7, 11) is 0. The lowest BCUT2D eigenvalue weighted by atomic mass is 9.95.